The Bertz CT molecular complexity index is 319. The van der Waals surface area contributed by atoms with E-state index in [0.29, 0.717) is 0 Å². The Balaban J connectivity index is 2.54. The van der Waals surface area contributed by atoms with Crippen LogP contribution >= 0.6 is 0 Å². The fraction of sp³-hybridized carbons (Fsp3) is 0.625. The summed E-state index contributed by atoms with van der Waals surface area (Å²) in [4.78, 5) is 0. The third-order valence-corrected chi connectivity index (χ3v) is 3.02. The number of hydrogen-bond acceptors (Lipinski definition) is 4. The van der Waals surface area contributed by atoms with E-state index in [9.17, 15) is 0 Å². The van der Waals surface area contributed by atoms with Crippen molar-refractivity contribution in [2.45, 2.75) is 53.0 Å². The maximum Gasteiger partial charge on any atom is 0.127 e. The first-order valence-electron chi connectivity index (χ1n) is 7.59. The molecule has 0 saturated heterocycles. The molecule has 0 radical (unpaired) electrons. The van der Waals surface area contributed by atoms with Crippen molar-refractivity contribution >= 4 is 11.4 Å². The van der Waals surface area contributed by atoms with Gasteiger partial charge in [-0.3, -0.25) is 0 Å². The molecule has 2 atom stereocenters. The van der Waals surface area contributed by atoms with Gasteiger partial charge in [0.2, 0.25) is 0 Å². The first kappa shape index (κ1) is 16.8. The van der Waals surface area contributed by atoms with Gasteiger partial charge in [0.25, 0.3) is 0 Å². The van der Waals surface area contributed by atoms with E-state index in [1.807, 2.05) is 13.8 Å². The van der Waals surface area contributed by atoms with Gasteiger partial charge in [-0.2, -0.15) is 0 Å². The molecule has 4 heteroatoms. The van der Waals surface area contributed by atoms with Gasteiger partial charge in [-0.25, -0.2) is 0 Å². The minimum absolute atomic E-state index is 0.0747. The van der Waals surface area contributed by atoms with Crippen LogP contribution in [-0.4, -0.2) is 25.7 Å². The SMILES string of the molecule is CCOC(CC)Nc1ccc(NC(CC)OCC)cc1. The molecular formula is C16H28N2O2. The molecule has 0 aromatic heterocycles. The number of rotatable bonds is 10. The molecule has 0 saturated carbocycles. The fourth-order valence-corrected chi connectivity index (χ4v) is 1.96. The van der Waals surface area contributed by atoms with Crippen molar-refractivity contribution < 1.29 is 9.47 Å². The van der Waals surface area contributed by atoms with Crippen LogP contribution in [0.5, 0.6) is 0 Å². The average Bonchev–Trinajstić information content (AvgIpc) is 2.48. The van der Waals surface area contributed by atoms with Gasteiger partial charge < -0.3 is 20.1 Å². The number of hydrogen-bond donors (Lipinski definition) is 2. The number of nitrogens with one attached hydrogen (secondary N) is 2. The van der Waals surface area contributed by atoms with E-state index in [0.717, 1.165) is 37.4 Å². The molecule has 2 unspecified atom stereocenters. The Morgan fingerprint density at radius 3 is 1.35 bits per heavy atom. The van der Waals surface area contributed by atoms with Gasteiger partial charge >= 0.3 is 0 Å². The van der Waals surface area contributed by atoms with Crippen LogP contribution in [0.1, 0.15) is 40.5 Å². The average molecular weight is 280 g/mol. The van der Waals surface area contributed by atoms with E-state index in [-0.39, 0.29) is 12.5 Å². The molecule has 1 aromatic rings. The minimum atomic E-state index is 0.0747. The molecule has 2 N–H and O–H groups in total. The molecule has 0 spiro atoms. The van der Waals surface area contributed by atoms with Crippen LogP contribution in [0.15, 0.2) is 24.3 Å². The van der Waals surface area contributed by atoms with Crippen LogP contribution in [0.2, 0.25) is 0 Å². The van der Waals surface area contributed by atoms with Crippen molar-refractivity contribution in [3.63, 3.8) is 0 Å². The van der Waals surface area contributed by atoms with Crippen molar-refractivity contribution in [2.75, 3.05) is 23.8 Å². The largest absolute Gasteiger partial charge is 0.360 e. The zero-order valence-electron chi connectivity index (χ0n) is 13.1. The quantitative estimate of drug-likeness (QED) is 0.634. The summed E-state index contributed by atoms with van der Waals surface area (Å²) in [6.45, 7) is 9.68. The molecule has 0 aliphatic carbocycles. The third kappa shape index (κ3) is 5.80. The molecule has 114 valence electrons. The predicted molar refractivity (Wildman–Crippen MR) is 85.1 cm³/mol. The summed E-state index contributed by atoms with van der Waals surface area (Å²) in [5, 5.41) is 6.74. The van der Waals surface area contributed by atoms with Crippen LogP contribution in [0.3, 0.4) is 0 Å². The molecule has 1 aromatic carbocycles. The maximum absolute atomic E-state index is 5.59. The Labute approximate surface area is 122 Å². The highest BCUT2D eigenvalue weighted by Crippen LogP contribution is 2.17. The molecule has 0 aliphatic heterocycles. The zero-order valence-corrected chi connectivity index (χ0v) is 13.1. The lowest BCUT2D eigenvalue weighted by Crippen LogP contribution is -2.23. The van der Waals surface area contributed by atoms with Gasteiger partial charge in [0.05, 0.1) is 0 Å². The first-order chi connectivity index (χ1) is 9.73. The lowest BCUT2D eigenvalue weighted by molar-refractivity contribution is 0.0799. The Morgan fingerprint density at radius 2 is 1.10 bits per heavy atom. The lowest BCUT2D eigenvalue weighted by Gasteiger charge is -2.20. The van der Waals surface area contributed by atoms with E-state index in [1.54, 1.807) is 0 Å². The smallest absolute Gasteiger partial charge is 0.127 e. The molecule has 0 fully saturated rings. The van der Waals surface area contributed by atoms with Crippen LogP contribution in [0.25, 0.3) is 0 Å². The standard InChI is InChI=1S/C16H28N2O2/c1-5-15(19-7-3)17-13-9-11-14(12-10-13)18-16(6-2)20-8-4/h9-12,15-18H,5-8H2,1-4H3. The topological polar surface area (TPSA) is 42.5 Å². The number of ether oxygens (including phenoxy) is 2. The second kappa shape index (κ2) is 9.61. The van der Waals surface area contributed by atoms with Crippen LogP contribution in [0, 0.1) is 0 Å². The van der Waals surface area contributed by atoms with Gasteiger partial charge in [-0.1, -0.05) is 13.8 Å². The second-order valence-corrected chi connectivity index (χ2v) is 4.57. The predicted octanol–water partition coefficient (Wildman–Crippen LogP) is 4.06. The van der Waals surface area contributed by atoms with Gasteiger partial charge in [0.15, 0.2) is 0 Å². The summed E-state index contributed by atoms with van der Waals surface area (Å²) >= 11 is 0. The fourth-order valence-electron chi connectivity index (χ4n) is 1.96. The summed E-state index contributed by atoms with van der Waals surface area (Å²) in [5.41, 5.74) is 2.14. The molecular weight excluding hydrogens is 252 g/mol. The summed E-state index contributed by atoms with van der Waals surface area (Å²) in [5.74, 6) is 0. The maximum atomic E-state index is 5.59. The minimum Gasteiger partial charge on any atom is -0.360 e. The Kier molecular flexibility index (Phi) is 8.07. The van der Waals surface area contributed by atoms with Crippen molar-refractivity contribution in [3.05, 3.63) is 24.3 Å². The van der Waals surface area contributed by atoms with Crippen molar-refractivity contribution in [2.24, 2.45) is 0 Å². The summed E-state index contributed by atoms with van der Waals surface area (Å²) < 4.78 is 11.2. The molecule has 20 heavy (non-hydrogen) atoms. The van der Waals surface area contributed by atoms with Crippen LogP contribution in [-0.2, 0) is 9.47 Å². The monoisotopic (exact) mass is 280 g/mol. The molecule has 0 aliphatic rings. The highest BCUT2D eigenvalue weighted by molar-refractivity contribution is 5.54. The summed E-state index contributed by atoms with van der Waals surface area (Å²) in [6, 6.07) is 8.23. The lowest BCUT2D eigenvalue weighted by atomic mass is 10.2. The van der Waals surface area contributed by atoms with E-state index in [2.05, 4.69) is 48.7 Å². The Hall–Kier alpha value is -1.26. The van der Waals surface area contributed by atoms with Crippen LogP contribution in [0.4, 0.5) is 11.4 Å². The summed E-state index contributed by atoms with van der Waals surface area (Å²) in [6.07, 6.45) is 2.03. The van der Waals surface area contributed by atoms with E-state index in [4.69, 9.17) is 9.47 Å². The van der Waals surface area contributed by atoms with Gasteiger partial charge in [-0.05, 0) is 51.0 Å². The van der Waals surface area contributed by atoms with Gasteiger partial charge in [0.1, 0.15) is 12.5 Å². The summed E-state index contributed by atoms with van der Waals surface area (Å²) in [7, 11) is 0. The molecule has 0 amide bonds. The van der Waals surface area contributed by atoms with Gasteiger partial charge in [0, 0.05) is 24.6 Å². The third-order valence-electron chi connectivity index (χ3n) is 3.02. The first-order valence-corrected chi connectivity index (χ1v) is 7.59. The zero-order chi connectivity index (χ0) is 14.8. The van der Waals surface area contributed by atoms with E-state index in [1.165, 1.54) is 0 Å². The number of anilines is 2. The van der Waals surface area contributed by atoms with Gasteiger partial charge in [-0.15, -0.1) is 0 Å². The highest BCUT2D eigenvalue weighted by atomic mass is 16.5. The van der Waals surface area contributed by atoms with E-state index >= 15 is 0 Å². The molecule has 1 rings (SSSR count). The number of benzene rings is 1. The normalized spacial score (nSPS) is 13.8. The molecule has 0 bridgehead atoms. The van der Waals surface area contributed by atoms with Crippen molar-refractivity contribution in [3.8, 4) is 0 Å². The second-order valence-electron chi connectivity index (χ2n) is 4.57. The highest BCUT2D eigenvalue weighted by Gasteiger charge is 2.07. The van der Waals surface area contributed by atoms with Crippen LogP contribution < -0.4 is 10.6 Å². The van der Waals surface area contributed by atoms with Crippen molar-refractivity contribution in [1.82, 2.24) is 0 Å². The molecule has 0 heterocycles. The van der Waals surface area contributed by atoms with Crippen molar-refractivity contribution in [1.29, 1.82) is 0 Å². The van der Waals surface area contributed by atoms with E-state index < -0.39 is 0 Å². The molecule has 4 nitrogen and oxygen atoms in total. The Morgan fingerprint density at radius 1 is 0.750 bits per heavy atom.